The summed E-state index contributed by atoms with van der Waals surface area (Å²) in [6.07, 6.45) is -3.81. The molecular formula is C4H3F3N2U. The number of hydrogen-bond donors (Lipinski definition) is 0. The third-order valence-electron chi connectivity index (χ3n) is 0.344. The van der Waals surface area contributed by atoms with Gasteiger partial charge in [0.2, 0.25) is 0 Å². The Morgan fingerprint density at radius 1 is 1.50 bits per heavy atom. The van der Waals surface area contributed by atoms with Gasteiger partial charge in [-0.05, 0) is 0 Å². The van der Waals surface area contributed by atoms with E-state index < -0.39 is 12.0 Å². The molecule has 0 heterocycles. The summed E-state index contributed by atoms with van der Waals surface area (Å²) < 4.78 is 33.3. The molecule has 0 radical (unpaired) electrons. The topological polar surface area (TPSA) is 34.7 Å². The average molecular weight is 374 g/mol. The Bertz CT molecular complexity index is 140. The number of rotatable bonds is 0. The zero-order chi connectivity index (χ0) is 7.49. The van der Waals surface area contributed by atoms with Gasteiger partial charge in [-0.1, -0.05) is 0 Å². The molecule has 0 aromatic rings. The van der Waals surface area contributed by atoms with Crippen molar-refractivity contribution in [1.29, 1.82) is 0 Å². The van der Waals surface area contributed by atoms with Crippen molar-refractivity contribution in [3.8, 4) is 0 Å². The van der Waals surface area contributed by atoms with Crippen LogP contribution in [0.25, 0.3) is 5.41 Å². The number of amidine groups is 1. The minimum atomic E-state index is -4.57. The molecule has 54 valence electrons. The SMILES string of the molecule is CC(=[N-])N=[C-]C(F)(F)F.[U+2]. The van der Waals surface area contributed by atoms with Crippen molar-refractivity contribution in [3.05, 3.63) is 5.41 Å². The second-order valence-corrected chi connectivity index (χ2v) is 1.27. The Balaban J connectivity index is 0. The zero-order valence-electron chi connectivity index (χ0n) is 5.03. The molecule has 0 aliphatic rings. The molecule has 0 rings (SSSR count). The van der Waals surface area contributed by atoms with Gasteiger partial charge < -0.3 is 10.4 Å². The Morgan fingerprint density at radius 3 is 2.00 bits per heavy atom. The summed E-state index contributed by atoms with van der Waals surface area (Å²) in [6, 6.07) is 0. The molecule has 0 unspecified atom stereocenters. The largest absolute Gasteiger partial charge is 2.00 e. The normalized spacial score (nSPS) is 11.2. The molecule has 0 spiro atoms. The third-order valence-corrected chi connectivity index (χ3v) is 0.344. The summed E-state index contributed by atoms with van der Waals surface area (Å²) >= 11 is 0. The maximum Gasteiger partial charge on any atom is 2.00 e. The summed E-state index contributed by atoms with van der Waals surface area (Å²) in [5.41, 5.74) is 0. The Morgan fingerprint density at radius 2 is 1.90 bits per heavy atom. The molecule has 0 fully saturated rings. The van der Waals surface area contributed by atoms with Gasteiger partial charge in [-0.2, -0.15) is 19.4 Å². The molecule has 0 aromatic heterocycles. The van der Waals surface area contributed by atoms with E-state index in [1.165, 1.54) is 0 Å². The van der Waals surface area contributed by atoms with Gasteiger partial charge in [0.05, 0.1) is 0 Å². The molecule has 0 saturated heterocycles. The first-order valence-electron chi connectivity index (χ1n) is 1.99. The fraction of sp³-hybridized carbons (Fsp3) is 0.500. The van der Waals surface area contributed by atoms with Crippen LogP contribution in [0.15, 0.2) is 4.99 Å². The Hall–Kier alpha value is 0.182. The van der Waals surface area contributed by atoms with Crippen molar-refractivity contribution in [2.75, 3.05) is 0 Å². The van der Waals surface area contributed by atoms with Gasteiger partial charge in [0.15, 0.2) is 0 Å². The predicted octanol–water partition coefficient (Wildman–Crippen LogP) is 1.48. The van der Waals surface area contributed by atoms with Crippen LogP contribution in [0.4, 0.5) is 13.2 Å². The fourth-order valence-corrected chi connectivity index (χ4v) is 0.144. The van der Waals surface area contributed by atoms with E-state index in [1.807, 2.05) is 0 Å². The Labute approximate surface area is 79.8 Å². The van der Waals surface area contributed by atoms with Crippen LogP contribution in [0.3, 0.4) is 0 Å². The number of nitrogens with zero attached hydrogens (tertiary/aromatic N) is 2. The maximum absolute atomic E-state index is 11.1. The van der Waals surface area contributed by atoms with Crippen molar-refractivity contribution in [2.24, 2.45) is 4.99 Å². The van der Waals surface area contributed by atoms with Crippen LogP contribution < -0.4 is 0 Å². The molecule has 6 heteroatoms. The summed E-state index contributed by atoms with van der Waals surface area (Å²) in [6.45, 7) is 1.03. The van der Waals surface area contributed by atoms with E-state index in [1.54, 1.807) is 0 Å². The van der Waals surface area contributed by atoms with Gasteiger partial charge in [0.1, 0.15) is 0 Å². The summed E-state index contributed by atoms with van der Waals surface area (Å²) in [7, 11) is 0. The quantitative estimate of drug-likeness (QED) is 0.350. The molecule has 0 atom stereocenters. The van der Waals surface area contributed by atoms with Crippen molar-refractivity contribution >= 4 is 12.1 Å². The second-order valence-electron chi connectivity index (χ2n) is 1.27. The smallest absolute Gasteiger partial charge is 0.638 e. The van der Waals surface area contributed by atoms with Gasteiger partial charge in [-0.15, -0.1) is 6.92 Å². The van der Waals surface area contributed by atoms with Crippen LogP contribution in [-0.4, -0.2) is 18.2 Å². The van der Waals surface area contributed by atoms with Gasteiger partial charge >= 0.3 is 37.3 Å². The van der Waals surface area contributed by atoms with E-state index in [-0.39, 0.29) is 31.1 Å². The van der Waals surface area contributed by atoms with E-state index in [9.17, 15) is 13.2 Å². The van der Waals surface area contributed by atoms with Crippen molar-refractivity contribution < 1.29 is 44.3 Å². The first-order valence-corrected chi connectivity index (χ1v) is 1.99. The van der Waals surface area contributed by atoms with E-state index in [4.69, 9.17) is 5.41 Å². The molecule has 0 aliphatic carbocycles. The van der Waals surface area contributed by atoms with E-state index >= 15 is 0 Å². The Kier molecular flexibility index (Phi) is 6.30. The van der Waals surface area contributed by atoms with Gasteiger partial charge in [-0.25, -0.2) is 0 Å². The molecule has 0 N–H and O–H groups in total. The molecular weight excluding hydrogens is 371 g/mol. The monoisotopic (exact) mass is 374 g/mol. The third kappa shape index (κ3) is 11.0. The molecule has 0 amide bonds. The van der Waals surface area contributed by atoms with Crippen molar-refractivity contribution in [2.45, 2.75) is 13.1 Å². The van der Waals surface area contributed by atoms with Crippen LogP contribution in [0.1, 0.15) is 6.92 Å². The minimum Gasteiger partial charge on any atom is -0.638 e. The van der Waals surface area contributed by atoms with Crippen LogP contribution >= 0.6 is 0 Å². The molecule has 0 aromatic carbocycles. The first kappa shape index (κ1) is 12.8. The second kappa shape index (κ2) is 4.92. The minimum absolute atomic E-state index is 0. The van der Waals surface area contributed by atoms with Crippen LogP contribution in [0.2, 0.25) is 0 Å². The van der Waals surface area contributed by atoms with Gasteiger partial charge in [-0.3, -0.25) is 5.84 Å². The van der Waals surface area contributed by atoms with Gasteiger partial charge in [0.25, 0.3) is 0 Å². The molecule has 0 saturated carbocycles. The predicted molar refractivity (Wildman–Crippen MR) is 27.5 cm³/mol. The average Bonchev–Trinajstić information content (AvgIpc) is 1.59. The number of alkyl halides is 3. The van der Waals surface area contributed by atoms with Crippen molar-refractivity contribution in [1.82, 2.24) is 0 Å². The zero-order valence-corrected chi connectivity index (χ0v) is 9.19. The maximum atomic E-state index is 11.1. The van der Waals surface area contributed by atoms with Crippen LogP contribution in [-0.2, 0) is 0 Å². The van der Waals surface area contributed by atoms with E-state index in [0.717, 1.165) is 13.1 Å². The van der Waals surface area contributed by atoms with Crippen molar-refractivity contribution in [3.63, 3.8) is 0 Å². The number of aliphatic imine (C=N–C) groups is 1. The number of hydrogen-bond acceptors (Lipinski definition) is 0. The molecule has 10 heavy (non-hydrogen) atoms. The summed E-state index contributed by atoms with van der Waals surface area (Å²) in [5.74, 6) is -0.660. The van der Waals surface area contributed by atoms with E-state index in [0.29, 0.717) is 0 Å². The fourth-order valence-electron chi connectivity index (χ4n) is 0.144. The van der Waals surface area contributed by atoms with Crippen LogP contribution in [0.5, 0.6) is 0 Å². The van der Waals surface area contributed by atoms with E-state index in [2.05, 4.69) is 4.99 Å². The summed E-state index contributed by atoms with van der Waals surface area (Å²) in [4.78, 5) is 2.49. The van der Waals surface area contributed by atoms with Gasteiger partial charge in [0, 0.05) is 0 Å². The molecule has 0 bridgehead atoms. The number of halogens is 3. The van der Waals surface area contributed by atoms with Crippen LogP contribution in [0, 0.1) is 31.1 Å². The first-order chi connectivity index (χ1) is 3.92. The summed E-state index contributed by atoms with van der Waals surface area (Å²) in [5, 5.41) is 8.10. The molecule has 0 aliphatic heterocycles. The molecule has 2 nitrogen and oxygen atoms in total. The standard InChI is InChI=1S/C4H3F3N2.U/c1-3(8)9-2-4(5,6)7;/h1H3;/q-2;+2.